The average Bonchev–Trinajstić information content (AvgIpc) is 3.37. The highest BCUT2D eigenvalue weighted by atomic mass is 32.1. The van der Waals surface area contributed by atoms with Crippen molar-refractivity contribution >= 4 is 23.2 Å². The number of carbonyl (C=O) groups is 2. The molecule has 0 aliphatic carbocycles. The Kier molecular flexibility index (Phi) is 5.28. The van der Waals surface area contributed by atoms with E-state index in [1.165, 1.54) is 22.5 Å². The number of amides is 2. The van der Waals surface area contributed by atoms with Crippen LogP contribution < -0.4 is 0 Å². The highest BCUT2D eigenvalue weighted by molar-refractivity contribution is 7.12. The van der Waals surface area contributed by atoms with Gasteiger partial charge >= 0.3 is 0 Å². The first kappa shape index (κ1) is 19.2. The van der Waals surface area contributed by atoms with Gasteiger partial charge in [0, 0.05) is 26.2 Å². The standard InChI is InChI=1S/C23H28N2O2S/c1-17(2)19-8-6-18(7-9-19)15-24-12-4-10-23(22(24)27)11-13-25(16-23)21(26)20-5-3-14-28-20/h3,5-9,14,17H,4,10-13,15-16H2,1-2H3/t23-/m0/s1. The van der Waals surface area contributed by atoms with Crippen LogP contribution in [-0.4, -0.2) is 41.2 Å². The lowest BCUT2D eigenvalue weighted by Crippen LogP contribution is -2.50. The van der Waals surface area contributed by atoms with E-state index < -0.39 is 0 Å². The number of hydrogen-bond acceptors (Lipinski definition) is 3. The highest BCUT2D eigenvalue weighted by Gasteiger charge is 2.49. The predicted octanol–water partition coefficient (Wildman–Crippen LogP) is 4.53. The Morgan fingerprint density at radius 1 is 1.14 bits per heavy atom. The Morgan fingerprint density at radius 3 is 2.61 bits per heavy atom. The van der Waals surface area contributed by atoms with Crippen LogP contribution in [0.5, 0.6) is 0 Å². The molecule has 0 bridgehead atoms. The van der Waals surface area contributed by atoms with Crippen LogP contribution in [0.1, 0.15) is 59.8 Å². The summed E-state index contributed by atoms with van der Waals surface area (Å²) in [7, 11) is 0. The fraction of sp³-hybridized carbons (Fsp3) is 0.478. The molecule has 1 spiro atoms. The van der Waals surface area contributed by atoms with Crippen LogP contribution in [0.25, 0.3) is 0 Å². The summed E-state index contributed by atoms with van der Waals surface area (Å²) in [4.78, 5) is 30.7. The summed E-state index contributed by atoms with van der Waals surface area (Å²) in [5, 5.41) is 1.93. The molecule has 4 rings (SSSR count). The molecule has 2 saturated heterocycles. The zero-order valence-electron chi connectivity index (χ0n) is 16.7. The van der Waals surface area contributed by atoms with Crippen molar-refractivity contribution < 1.29 is 9.59 Å². The normalized spacial score (nSPS) is 22.5. The summed E-state index contributed by atoms with van der Waals surface area (Å²) in [5.41, 5.74) is 2.12. The molecule has 4 nitrogen and oxygen atoms in total. The Labute approximate surface area is 171 Å². The van der Waals surface area contributed by atoms with Crippen LogP contribution in [0.3, 0.4) is 0 Å². The summed E-state index contributed by atoms with van der Waals surface area (Å²) in [5.74, 6) is 0.813. The lowest BCUT2D eigenvalue weighted by molar-refractivity contribution is -0.146. The van der Waals surface area contributed by atoms with Gasteiger partial charge in [-0.05, 0) is 47.8 Å². The molecule has 0 saturated carbocycles. The van der Waals surface area contributed by atoms with E-state index in [0.717, 1.165) is 30.7 Å². The van der Waals surface area contributed by atoms with Gasteiger partial charge in [0.2, 0.25) is 5.91 Å². The number of carbonyl (C=O) groups excluding carboxylic acids is 2. The SMILES string of the molecule is CC(C)c1ccc(CN2CCC[C@@]3(CCN(C(=O)c4cccs4)C3)C2=O)cc1. The van der Waals surface area contributed by atoms with Gasteiger partial charge in [-0.3, -0.25) is 9.59 Å². The Balaban J connectivity index is 1.45. The third-order valence-corrected chi connectivity index (χ3v) is 7.07. The Bertz CT molecular complexity index is 844. The lowest BCUT2D eigenvalue weighted by Gasteiger charge is -2.39. The van der Waals surface area contributed by atoms with Crippen molar-refractivity contribution in [2.75, 3.05) is 19.6 Å². The van der Waals surface area contributed by atoms with Crippen LogP contribution in [0, 0.1) is 5.41 Å². The number of nitrogens with zero attached hydrogens (tertiary/aromatic N) is 2. The predicted molar refractivity (Wildman–Crippen MR) is 112 cm³/mol. The minimum atomic E-state index is -0.386. The summed E-state index contributed by atoms with van der Waals surface area (Å²) in [6.07, 6.45) is 2.69. The summed E-state index contributed by atoms with van der Waals surface area (Å²) in [6.45, 7) is 7.10. The monoisotopic (exact) mass is 396 g/mol. The van der Waals surface area contributed by atoms with E-state index in [4.69, 9.17) is 0 Å². The molecule has 148 valence electrons. The van der Waals surface area contributed by atoms with Gasteiger partial charge in [0.25, 0.3) is 5.91 Å². The largest absolute Gasteiger partial charge is 0.338 e. The summed E-state index contributed by atoms with van der Waals surface area (Å²) < 4.78 is 0. The number of likely N-dealkylation sites (tertiary alicyclic amines) is 2. The van der Waals surface area contributed by atoms with Crippen molar-refractivity contribution in [1.29, 1.82) is 0 Å². The molecule has 2 amide bonds. The zero-order chi connectivity index (χ0) is 19.7. The molecule has 1 aromatic heterocycles. The molecule has 0 unspecified atom stereocenters. The maximum absolute atomic E-state index is 13.4. The van der Waals surface area contributed by atoms with E-state index in [9.17, 15) is 9.59 Å². The molecule has 2 aromatic rings. The molecule has 0 radical (unpaired) electrons. The number of piperidine rings is 1. The zero-order valence-corrected chi connectivity index (χ0v) is 17.5. The van der Waals surface area contributed by atoms with Crippen molar-refractivity contribution in [3.8, 4) is 0 Å². The van der Waals surface area contributed by atoms with Gasteiger partial charge in [-0.25, -0.2) is 0 Å². The molecule has 2 aliphatic heterocycles. The first-order valence-corrected chi connectivity index (χ1v) is 11.1. The molecular weight excluding hydrogens is 368 g/mol. The van der Waals surface area contributed by atoms with Crippen molar-refractivity contribution in [2.45, 2.75) is 45.6 Å². The first-order valence-electron chi connectivity index (χ1n) is 10.2. The van der Waals surface area contributed by atoms with E-state index in [-0.39, 0.29) is 17.2 Å². The van der Waals surface area contributed by atoms with E-state index in [1.54, 1.807) is 0 Å². The third kappa shape index (κ3) is 3.60. The third-order valence-electron chi connectivity index (χ3n) is 6.22. The van der Waals surface area contributed by atoms with Crippen LogP contribution in [0.15, 0.2) is 41.8 Å². The highest BCUT2D eigenvalue weighted by Crippen LogP contribution is 2.41. The fourth-order valence-corrected chi connectivity index (χ4v) is 5.20. The van der Waals surface area contributed by atoms with Gasteiger partial charge in [-0.1, -0.05) is 44.2 Å². The smallest absolute Gasteiger partial charge is 0.263 e. The van der Waals surface area contributed by atoms with Gasteiger partial charge in [0.05, 0.1) is 10.3 Å². The molecular formula is C23H28N2O2S. The van der Waals surface area contributed by atoms with Crippen molar-refractivity contribution in [3.63, 3.8) is 0 Å². The molecule has 1 aromatic carbocycles. The summed E-state index contributed by atoms with van der Waals surface area (Å²) >= 11 is 1.47. The van der Waals surface area contributed by atoms with E-state index >= 15 is 0 Å². The maximum atomic E-state index is 13.4. The van der Waals surface area contributed by atoms with Crippen LogP contribution in [0.4, 0.5) is 0 Å². The van der Waals surface area contributed by atoms with Gasteiger partial charge in [-0.15, -0.1) is 11.3 Å². The molecule has 28 heavy (non-hydrogen) atoms. The fourth-order valence-electron chi connectivity index (χ4n) is 4.51. The Hall–Kier alpha value is -2.14. The average molecular weight is 397 g/mol. The second kappa shape index (κ2) is 7.70. The minimum absolute atomic E-state index is 0.0704. The van der Waals surface area contributed by atoms with Crippen molar-refractivity contribution in [2.24, 2.45) is 5.41 Å². The number of rotatable bonds is 4. The second-order valence-electron chi connectivity index (χ2n) is 8.46. The van der Waals surface area contributed by atoms with Crippen LogP contribution in [-0.2, 0) is 11.3 Å². The van der Waals surface area contributed by atoms with Gasteiger partial charge in [-0.2, -0.15) is 0 Å². The second-order valence-corrected chi connectivity index (χ2v) is 9.41. The number of benzene rings is 1. The maximum Gasteiger partial charge on any atom is 0.263 e. The topological polar surface area (TPSA) is 40.6 Å². The van der Waals surface area contributed by atoms with E-state index in [0.29, 0.717) is 25.6 Å². The molecule has 0 N–H and O–H groups in total. The lowest BCUT2D eigenvalue weighted by atomic mass is 9.78. The van der Waals surface area contributed by atoms with Crippen LogP contribution in [0.2, 0.25) is 0 Å². The van der Waals surface area contributed by atoms with E-state index in [2.05, 4.69) is 38.1 Å². The summed E-state index contributed by atoms with van der Waals surface area (Å²) in [6, 6.07) is 12.4. The van der Waals surface area contributed by atoms with Gasteiger partial charge in [0.15, 0.2) is 0 Å². The number of thiophene rings is 1. The quantitative estimate of drug-likeness (QED) is 0.762. The molecule has 2 fully saturated rings. The first-order chi connectivity index (χ1) is 13.5. The Morgan fingerprint density at radius 2 is 1.93 bits per heavy atom. The molecule has 3 heterocycles. The molecule has 2 aliphatic rings. The van der Waals surface area contributed by atoms with Crippen LogP contribution >= 0.6 is 11.3 Å². The van der Waals surface area contributed by atoms with E-state index in [1.807, 2.05) is 27.3 Å². The number of hydrogen-bond donors (Lipinski definition) is 0. The van der Waals surface area contributed by atoms with Crippen molar-refractivity contribution in [1.82, 2.24) is 9.80 Å². The molecule has 5 heteroatoms. The van der Waals surface area contributed by atoms with Gasteiger partial charge in [0.1, 0.15) is 0 Å². The minimum Gasteiger partial charge on any atom is -0.338 e. The van der Waals surface area contributed by atoms with Gasteiger partial charge < -0.3 is 9.80 Å². The molecule has 1 atom stereocenters. The van der Waals surface area contributed by atoms with Crippen molar-refractivity contribution in [3.05, 3.63) is 57.8 Å².